The largest absolute Gasteiger partial charge is 0.274 e. The van der Waals surface area contributed by atoms with Crippen molar-refractivity contribution in [1.82, 2.24) is 0 Å². The summed E-state index contributed by atoms with van der Waals surface area (Å²) in [5.74, 6) is -0.516. The van der Waals surface area contributed by atoms with Gasteiger partial charge in [-0.25, -0.2) is 4.39 Å². The Labute approximate surface area is 95.4 Å². The molecule has 1 atom stereocenters. The third kappa shape index (κ3) is 2.80. The van der Waals surface area contributed by atoms with E-state index >= 15 is 0 Å². The number of halogens is 1. The molecule has 0 aliphatic rings. The van der Waals surface area contributed by atoms with Crippen LogP contribution >= 0.6 is 0 Å². The molecule has 0 amide bonds. The van der Waals surface area contributed by atoms with Crippen molar-refractivity contribution >= 4 is 10.1 Å². The van der Waals surface area contributed by atoms with Gasteiger partial charge in [0.2, 0.25) is 0 Å². The Morgan fingerprint density at radius 3 is 2.44 bits per heavy atom. The average molecular weight is 246 g/mol. The molecule has 0 heterocycles. The molecule has 0 spiro atoms. The summed E-state index contributed by atoms with van der Waals surface area (Å²) in [7, 11) is -3.74. The van der Waals surface area contributed by atoms with E-state index in [9.17, 15) is 12.8 Å². The first-order valence-corrected chi connectivity index (χ1v) is 6.62. The highest BCUT2D eigenvalue weighted by molar-refractivity contribution is 7.87. The minimum absolute atomic E-state index is 0.0628. The van der Waals surface area contributed by atoms with Gasteiger partial charge in [-0.1, -0.05) is 25.1 Å². The van der Waals surface area contributed by atoms with Crippen molar-refractivity contribution in [2.24, 2.45) is 0 Å². The third-order valence-electron chi connectivity index (χ3n) is 2.25. The summed E-state index contributed by atoms with van der Waals surface area (Å²) in [5.41, 5.74) is 0.165. The molecule has 90 valence electrons. The first-order valence-electron chi connectivity index (χ1n) is 5.15. The van der Waals surface area contributed by atoms with Crippen molar-refractivity contribution in [2.45, 2.75) is 25.5 Å². The molecule has 0 fully saturated rings. The van der Waals surface area contributed by atoms with Gasteiger partial charge in [0.1, 0.15) is 11.1 Å². The molecule has 0 saturated carbocycles. The summed E-state index contributed by atoms with van der Waals surface area (Å²) >= 11 is 0. The second-order valence-corrected chi connectivity index (χ2v) is 5.11. The maximum atomic E-state index is 13.5. The molecule has 0 saturated heterocycles. The smallest absolute Gasteiger partial charge is 0.270 e. The number of hydrogen-bond donors (Lipinski definition) is 0. The van der Waals surface area contributed by atoms with E-state index in [4.69, 9.17) is 4.18 Å². The first-order chi connectivity index (χ1) is 7.53. The Bertz CT molecular complexity index is 442. The maximum absolute atomic E-state index is 13.5. The van der Waals surface area contributed by atoms with Gasteiger partial charge in [0.05, 0.1) is 6.61 Å². The highest BCUT2D eigenvalue weighted by Crippen LogP contribution is 2.28. The number of rotatable bonds is 5. The molecular formula is C11H15FO3S. The molecular weight excluding hydrogens is 231 g/mol. The van der Waals surface area contributed by atoms with Gasteiger partial charge < -0.3 is 0 Å². The molecule has 1 aromatic carbocycles. The minimum atomic E-state index is -3.74. The van der Waals surface area contributed by atoms with Crippen molar-refractivity contribution < 1.29 is 17.0 Å². The molecule has 0 aromatic heterocycles. The molecule has 1 aromatic rings. The number of hydrogen-bond acceptors (Lipinski definition) is 3. The van der Waals surface area contributed by atoms with E-state index < -0.39 is 21.2 Å². The standard InChI is InChI=1S/C11H15FO3S/c1-3-11(16(13,14)15-4-2)9-7-5-6-8-10(9)12/h5-8,11H,3-4H2,1-2H3. The molecule has 0 bridgehead atoms. The Kier molecular flexibility index (Phi) is 4.44. The van der Waals surface area contributed by atoms with Crippen LogP contribution in [0.15, 0.2) is 24.3 Å². The van der Waals surface area contributed by atoms with Crippen LogP contribution in [0, 0.1) is 5.82 Å². The molecule has 1 rings (SSSR count). The summed E-state index contributed by atoms with van der Waals surface area (Å²) in [5, 5.41) is -0.936. The summed E-state index contributed by atoms with van der Waals surface area (Å²) in [4.78, 5) is 0. The summed E-state index contributed by atoms with van der Waals surface area (Å²) in [6.45, 7) is 3.34. The quantitative estimate of drug-likeness (QED) is 0.750. The van der Waals surface area contributed by atoms with Gasteiger partial charge in [-0.3, -0.25) is 4.18 Å². The van der Waals surface area contributed by atoms with Gasteiger partial charge in [0, 0.05) is 5.56 Å². The molecule has 16 heavy (non-hydrogen) atoms. The summed E-state index contributed by atoms with van der Waals surface area (Å²) in [6, 6.07) is 5.86. The van der Waals surface area contributed by atoms with Crippen LogP contribution in [-0.2, 0) is 14.3 Å². The van der Waals surface area contributed by atoms with Crippen molar-refractivity contribution in [3.05, 3.63) is 35.6 Å². The predicted molar refractivity (Wildman–Crippen MR) is 60.0 cm³/mol. The van der Waals surface area contributed by atoms with Gasteiger partial charge in [-0.15, -0.1) is 0 Å². The van der Waals surface area contributed by atoms with E-state index in [1.807, 2.05) is 0 Å². The lowest BCUT2D eigenvalue weighted by Gasteiger charge is -2.15. The van der Waals surface area contributed by atoms with Crippen molar-refractivity contribution in [3.63, 3.8) is 0 Å². The third-order valence-corrected chi connectivity index (χ3v) is 4.10. The second kappa shape index (κ2) is 5.41. The molecule has 0 N–H and O–H groups in total. The summed E-state index contributed by atoms with van der Waals surface area (Å²) in [6.07, 6.45) is 0.281. The Balaban J connectivity index is 3.14. The van der Waals surface area contributed by atoms with E-state index in [1.165, 1.54) is 18.2 Å². The van der Waals surface area contributed by atoms with Gasteiger partial charge in [-0.2, -0.15) is 8.42 Å². The van der Waals surface area contributed by atoms with E-state index in [1.54, 1.807) is 19.9 Å². The zero-order valence-corrected chi connectivity index (χ0v) is 10.1. The van der Waals surface area contributed by atoms with Crippen LogP contribution in [0.2, 0.25) is 0 Å². The van der Waals surface area contributed by atoms with E-state index in [-0.39, 0.29) is 18.6 Å². The zero-order valence-electron chi connectivity index (χ0n) is 9.31. The Morgan fingerprint density at radius 1 is 1.31 bits per heavy atom. The number of benzene rings is 1. The van der Waals surface area contributed by atoms with Gasteiger partial charge in [0.15, 0.2) is 0 Å². The molecule has 0 radical (unpaired) electrons. The maximum Gasteiger partial charge on any atom is 0.274 e. The fourth-order valence-corrected chi connectivity index (χ4v) is 2.97. The van der Waals surface area contributed by atoms with Crippen molar-refractivity contribution in [2.75, 3.05) is 6.61 Å². The van der Waals surface area contributed by atoms with E-state index in [0.29, 0.717) is 0 Å². The normalized spacial score (nSPS) is 13.7. The van der Waals surface area contributed by atoms with Gasteiger partial charge in [0.25, 0.3) is 10.1 Å². The highest BCUT2D eigenvalue weighted by Gasteiger charge is 2.28. The van der Waals surface area contributed by atoms with Crippen LogP contribution < -0.4 is 0 Å². The van der Waals surface area contributed by atoms with Crippen LogP contribution in [-0.4, -0.2) is 15.0 Å². The van der Waals surface area contributed by atoms with Crippen LogP contribution in [0.3, 0.4) is 0 Å². The van der Waals surface area contributed by atoms with Crippen LogP contribution in [0.25, 0.3) is 0 Å². The molecule has 0 aliphatic carbocycles. The van der Waals surface area contributed by atoms with Crippen molar-refractivity contribution in [3.8, 4) is 0 Å². The lowest BCUT2D eigenvalue weighted by molar-refractivity contribution is 0.329. The Hall–Kier alpha value is -0.940. The minimum Gasteiger partial charge on any atom is -0.270 e. The van der Waals surface area contributed by atoms with Gasteiger partial charge >= 0.3 is 0 Å². The predicted octanol–water partition coefficient (Wildman–Crippen LogP) is 2.64. The van der Waals surface area contributed by atoms with Gasteiger partial charge in [-0.05, 0) is 19.4 Å². The highest BCUT2D eigenvalue weighted by atomic mass is 32.2. The average Bonchev–Trinajstić information content (AvgIpc) is 2.21. The fraction of sp³-hybridized carbons (Fsp3) is 0.455. The van der Waals surface area contributed by atoms with E-state index in [2.05, 4.69) is 0 Å². The van der Waals surface area contributed by atoms with Crippen molar-refractivity contribution in [1.29, 1.82) is 0 Å². The van der Waals surface area contributed by atoms with Crippen LogP contribution in [0.5, 0.6) is 0 Å². The lowest BCUT2D eigenvalue weighted by Crippen LogP contribution is -2.17. The van der Waals surface area contributed by atoms with Crippen LogP contribution in [0.4, 0.5) is 4.39 Å². The molecule has 5 heteroatoms. The molecule has 0 aliphatic heterocycles. The lowest BCUT2D eigenvalue weighted by atomic mass is 10.1. The second-order valence-electron chi connectivity index (χ2n) is 3.32. The monoisotopic (exact) mass is 246 g/mol. The fourth-order valence-electron chi connectivity index (χ4n) is 1.56. The van der Waals surface area contributed by atoms with E-state index in [0.717, 1.165) is 0 Å². The Morgan fingerprint density at radius 2 is 1.94 bits per heavy atom. The SMILES string of the molecule is CCOS(=O)(=O)C(CC)c1ccccc1F. The van der Waals surface area contributed by atoms with Crippen LogP contribution in [0.1, 0.15) is 31.1 Å². The molecule has 1 unspecified atom stereocenters. The summed E-state index contributed by atoms with van der Waals surface area (Å²) < 4.78 is 41.6. The topological polar surface area (TPSA) is 43.4 Å². The molecule has 3 nitrogen and oxygen atoms in total. The first kappa shape index (κ1) is 13.1. The zero-order chi connectivity index (χ0) is 12.2.